The lowest BCUT2D eigenvalue weighted by molar-refractivity contribution is -0.0465. The number of benzene rings is 1. The van der Waals surface area contributed by atoms with Crippen molar-refractivity contribution in [3.8, 4) is 11.8 Å². The van der Waals surface area contributed by atoms with Crippen molar-refractivity contribution in [2.45, 2.75) is 44.7 Å². The van der Waals surface area contributed by atoms with Crippen LogP contribution < -0.4 is 16.4 Å². The van der Waals surface area contributed by atoms with E-state index < -0.39 is 23.3 Å². The number of nitrogens with zero attached hydrogens (tertiary/aromatic N) is 2. The molecule has 2 amide bonds. The van der Waals surface area contributed by atoms with E-state index in [0.29, 0.717) is 12.7 Å². The molecule has 6 nitrogen and oxygen atoms in total. The summed E-state index contributed by atoms with van der Waals surface area (Å²) in [6, 6.07) is 1.53. The van der Waals surface area contributed by atoms with Gasteiger partial charge < -0.3 is 16.4 Å². The number of halogens is 3. The van der Waals surface area contributed by atoms with Crippen LogP contribution in [0.25, 0.3) is 0 Å². The highest BCUT2D eigenvalue weighted by Gasteiger charge is 2.55. The van der Waals surface area contributed by atoms with Crippen molar-refractivity contribution in [2.24, 2.45) is 5.92 Å². The maximum absolute atomic E-state index is 14.9. The number of aryl methyl sites for hydroxylation is 1. The second kappa shape index (κ2) is 6.44. The monoisotopic (exact) mass is 403 g/mol. The lowest BCUT2D eigenvalue weighted by atomic mass is 9.81. The topological polar surface area (TPSA) is 85.0 Å². The van der Waals surface area contributed by atoms with Crippen LogP contribution in [0.1, 0.15) is 36.5 Å². The van der Waals surface area contributed by atoms with Crippen molar-refractivity contribution in [1.29, 1.82) is 0 Å². The molecule has 1 aliphatic carbocycles. The minimum absolute atomic E-state index is 0.0297. The van der Waals surface area contributed by atoms with Gasteiger partial charge in [-0.05, 0) is 31.9 Å². The van der Waals surface area contributed by atoms with Crippen LogP contribution in [0.5, 0.6) is 0 Å². The highest BCUT2D eigenvalue weighted by Crippen LogP contribution is 2.44. The average molecular weight is 403 g/mol. The Labute approximate surface area is 165 Å². The number of urea groups is 1. The number of anilines is 2. The van der Waals surface area contributed by atoms with E-state index in [4.69, 9.17) is 5.73 Å². The molecule has 2 aromatic rings. The molecule has 4 N–H and O–H groups in total. The van der Waals surface area contributed by atoms with E-state index >= 15 is 0 Å². The maximum atomic E-state index is 14.9. The zero-order valence-electron chi connectivity index (χ0n) is 15.9. The van der Waals surface area contributed by atoms with Gasteiger partial charge in [-0.3, -0.25) is 4.68 Å². The molecular formula is C20H20F3N5O. The SMILES string of the molecule is Cc1cn(Cc2cc3c(cc2F)[C@@](C#CC2CC2)(C(C)(F)F)NC(=O)N3)nc1N. The van der Waals surface area contributed by atoms with Gasteiger partial charge in [-0.1, -0.05) is 11.8 Å². The number of hydrogen-bond donors (Lipinski definition) is 3. The first-order valence-corrected chi connectivity index (χ1v) is 9.21. The van der Waals surface area contributed by atoms with Crippen LogP contribution in [0.3, 0.4) is 0 Å². The normalized spacial score (nSPS) is 20.9. The molecule has 1 aromatic carbocycles. The molecule has 1 aromatic heterocycles. The standard InChI is InChI=1S/C20H20F3N5O/c1-11-9-28(27-17(11)24)10-13-7-16-14(8-15(13)21)20(19(2,22)23,26-18(29)25-16)6-5-12-3-4-12/h7-9,12H,3-4,10H2,1-2H3,(H2,24,27)(H2,25,26,29)/t20-/m0/s1. The summed E-state index contributed by atoms with van der Waals surface area (Å²) in [4.78, 5) is 12.2. The molecule has 0 spiro atoms. The number of hydrogen-bond acceptors (Lipinski definition) is 3. The third-order valence-electron chi connectivity index (χ3n) is 5.15. The molecular weight excluding hydrogens is 383 g/mol. The van der Waals surface area contributed by atoms with Crippen LogP contribution in [0, 0.1) is 30.5 Å². The first kappa shape index (κ1) is 19.2. The molecule has 4 rings (SSSR count). The maximum Gasteiger partial charge on any atom is 0.320 e. The molecule has 2 aliphatic rings. The molecule has 1 atom stereocenters. The Morgan fingerprint density at radius 1 is 1.41 bits per heavy atom. The van der Waals surface area contributed by atoms with E-state index in [0.717, 1.165) is 24.5 Å². The summed E-state index contributed by atoms with van der Waals surface area (Å²) in [6.45, 7) is 2.47. The van der Waals surface area contributed by atoms with E-state index in [-0.39, 0.29) is 29.3 Å². The Hall–Kier alpha value is -3.15. The smallest absolute Gasteiger partial charge is 0.320 e. The van der Waals surface area contributed by atoms with Gasteiger partial charge in [0, 0.05) is 41.4 Å². The first-order valence-electron chi connectivity index (χ1n) is 9.21. The second-order valence-corrected chi connectivity index (χ2v) is 7.65. The van der Waals surface area contributed by atoms with Crippen LogP contribution in [0.15, 0.2) is 18.3 Å². The van der Waals surface area contributed by atoms with Gasteiger partial charge in [0.15, 0.2) is 5.54 Å². The molecule has 1 saturated carbocycles. The van der Waals surface area contributed by atoms with Gasteiger partial charge in [-0.15, -0.1) is 0 Å². The summed E-state index contributed by atoms with van der Waals surface area (Å²) in [5, 5.41) is 8.81. The zero-order chi connectivity index (χ0) is 21.0. The summed E-state index contributed by atoms with van der Waals surface area (Å²) in [5.74, 6) is 1.56. The number of carbonyl (C=O) groups is 1. The van der Waals surface area contributed by atoms with Crippen LogP contribution >= 0.6 is 0 Å². The lowest BCUT2D eigenvalue weighted by Gasteiger charge is -2.40. The van der Waals surface area contributed by atoms with Gasteiger partial charge in [0.1, 0.15) is 11.6 Å². The Morgan fingerprint density at radius 2 is 2.14 bits per heavy atom. The van der Waals surface area contributed by atoms with Crippen molar-refractivity contribution >= 4 is 17.5 Å². The Bertz CT molecular complexity index is 1040. The third kappa shape index (κ3) is 3.39. The predicted octanol–water partition coefficient (Wildman–Crippen LogP) is 3.36. The van der Waals surface area contributed by atoms with E-state index in [1.165, 1.54) is 10.7 Å². The Balaban J connectivity index is 1.81. The van der Waals surface area contributed by atoms with E-state index in [2.05, 4.69) is 27.6 Å². The number of carbonyl (C=O) groups excluding carboxylic acids is 1. The largest absolute Gasteiger partial charge is 0.382 e. The number of nitrogen functional groups attached to an aromatic ring is 1. The summed E-state index contributed by atoms with van der Waals surface area (Å²) in [5.41, 5.74) is 4.32. The van der Waals surface area contributed by atoms with Crippen LogP contribution in [-0.4, -0.2) is 21.7 Å². The summed E-state index contributed by atoms with van der Waals surface area (Å²) in [7, 11) is 0. The highest BCUT2D eigenvalue weighted by atomic mass is 19.3. The minimum Gasteiger partial charge on any atom is -0.382 e. The van der Waals surface area contributed by atoms with Crippen molar-refractivity contribution < 1.29 is 18.0 Å². The van der Waals surface area contributed by atoms with Gasteiger partial charge >= 0.3 is 6.03 Å². The molecule has 0 saturated heterocycles. The van der Waals surface area contributed by atoms with Crippen LogP contribution in [0.2, 0.25) is 0 Å². The number of nitrogens with one attached hydrogen (secondary N) is 2. The van der Waals surface area contributed by atoms with Gasteiger partial charge in [-0.25, -0.2) is 18.0 Å². The van der Waals surface area contributed by atoms with Crippen molar-refractivity contribution in [2.75, 3.05) is 11.1 Å². The van der Waals surface area contributed by atoms with E-state index in [9.17, 15) is 18.0 Å². The number of aromatic nitrogens is 2. The second-order valence-electron chi connectivity index (χ2n) is 7.65. The molecule has 0 unspecified atom stereocenters. The molecule has 152 valence electrons. The van der Waals surface area contributed by atoms with Crippen LogP contribution in [-0.2, 0) is 12.1 Å². The van der Waals surface area contributed by atoms with Gasteiger partial charge in [0.05, 0.1) is 6.54 Å². The zero-order valence-corrected chi connectivity index (χ0v) is 15.9. The minimum atomic E-state index is -3.44. The average Bonchev–Trinajstić information content (AvgIpc) is 3.38. The number of amides is 2. The van der Waals surface area contributed by atoms with E-state index in [1.54, 1.807) is 13.1 Å². The fraction of sp³-hybridized carbons (Fsp3) is 0.400. The molecule has 1 aliphatic heterocycles. The Kier molecular flexibility index (Phi) is 4.26. The molecule has 0 radical (unpaired) electrons. The molecule has 29 heavy (non-hydrogen) atoms. The number of alkyl halides is 2. The predicted molar refractivity (Wildman–Crippen MR) is 102 cm³/mol. The molecule has 0 bridgehead atoms. The van der Waals surface area contributed by atoms with Crippen molar-refractivity contribution in [1.82, 2.24) is 15.1 Å². The Morgan fingerprint density at radius 3 is 2.72 bits per heavy atom. The van der Waals surface area contributed by atoms with Gasteiger partial charge in [-0.2, -0.15) is 5.10 Å². The number of rotatable bonds is 3. The summed E-state index contributed by atoms with van der Waals surface area (Å²) in [6.07, 6.45) is 3.31. The molecule has 2 heterocycles. The number of nitrogens with two attached hydrogens (primary N) is 1. The van der Waals surface area contributed by atoms with Crippen molar-refractivity contribution in [3.63, 3.8) is 0 Å². The fourth-order valence-corrected chi connectivity index (χ4v) is 3.33. The first-order chi connectivity index (χ1) is 13.6. The van der Waals surface area contributed by atoms with Gasteiger partial charge in [0.25, 0.3) is 5.92 Å². The lowest BCUT2D eigenvalue weighted by Crippen LogP contribution is -2.59. The van der Waals surface area contributed by atoms with E-state index in [1.807, 2.05) is 0 Å². The highest BCUT2D eigenvalue weighted by molar-refractivity contribution is 5.95. The fourth-order valence-electron chi connectivity index (χ4n) is 3.33. The quantitative estimate of drug-likeness (QED) is 0.687. The number of fused-ring (bicyclic) bond motifs is 1. The summed E-state index contributed by atoms with van der Waals surface area (Å²) < 4.78 is 45.8. The molecule has 9 heteroatoms. The third-order valence-corrected chi connectivity index (χ3v) is 5.15. The van der Waals surface area contributed by atoms with Gasteiger partial charge in [0.2, 0.25) is 0 Å². The van der Waals surface area contributed by atoms with Crippen LogP contribution in [0.4, 0.5) is 29.5 Å². The van der Waals surface area contributed by atoms with Crippen molar-refractivity contribution in [3.05, 3.63) is 40.8 Å². The molecule has 1 fully saturated rings. The summed E-state index contributed by atoms with van der Waals surface area (Å²) >= 11 is 0.